The highest BCUT2D eigenvalue weighted by molar-refractivity contribution is 6.41. The van der Waals surface area contributed by atoms with Gasteiger partial charge in [0.2, 0.25) is 11.6 Å². The van der Waals surface area contributed by atoms with E-state index in [0.717, 1.165) is 39.0 Å². The van der Waals surface area contributed by atoms with Gasteiger partial charge in [0.25, 0.3) is 0 Å². The molecule has 2 rings (SSSR count). The molecule has 2 aliphatic heterocycles. The first-order chi connectivity index (χ1) is 7.69. The summed E-state index contributed by atoms with van der Waals surface area (Å²) in [6.45, 7) is 7.72. The third-order valence-electron chi connectivity index (χ3n) is 3.92. The summed E-state index contributed by atoms with van der Waals surface area (Å²) in [6.07, 6.45) is 1.72. The number of likely N-dealkylation sites (tertiary alicyclic amines) is 2. The van der Waals surface area contributed by atoms with Gasteiger partial charge in [0, 0.05) is 13.1 Å². The Morgan fingerprint density at radius 1 is 0.938 bits per heavy atom. The normalized spacial score (nSPS) is 30.6. The fourth-order valence-electron chi connectivity index (χ4n) is 2.56. The van der Waals surface area contributed by atoms with E-state index in [-0.39, 0.29) is 23.7 Å². The summed E-state index contributed by atoms with van der Waals surface area (Å²) in [5, 5.41) is 0. The molecule has 0 bridgehead atoms. The lowest BCUT2D eigenvalue weighted by molar-refractivity contribution is -0.147. The molecule has 4 heteroatoms. The molecule has 16 heavy (non-hydrogen) atoms. The van der Waals surface area contributed by atoms with Crippen molar-refractivity contribution in [2.75, 3.05) is 26.2 Å². The summed E-state index contributed by atoms with van der Waals surface area (Å²) in [5.74, 6) is -0.312. The van der Waals surface area contributed by atoms with Crippen molar-refractivity contribution in [3.63, 3.8) is 0 Å². The van der Waals surface area contributed by atoms with Gasteiger partial charge in [-0.05, 0) is 25.9 Å². The van der Waals surface area contributed by atoms with Gasteiger partial charge >= 0.3 is 0 Å². The van der Waals surface area contributed by atoms with Gasteiger partial charge in [-0.15, -0.1) is 0 Å². The highest BCUT2D eigenvalue weighted by atomic mass is 16.2. The number of ketones is 2. The van der Waals surface area contributed by atoms with Crippen molar-refractivity contribution in [1.29, 1.82) is 0 Å². The van der Waals surface area contributed by atoms with E-state index in [1.54, 1.807) is 0 Å². The molecule has 0 aromatic carbocycles. The van der Waals surface area contributed by atoms with Crippen LogP contribution in [0.25, 0.3) is 0 Å². The van der Waals surface area contributed by atoms with Gasteiger partial charge in [0.1, 0.15) is 0 Å². The molecule has 2 heterocycles. The molecule has 2 saturated heterocycles. The minimum absolute atomic E-state index is 0.114. The van der Waals surface area contributed by atoms with E-state index in [0.29, 0.717) is 0 Å². The Bertz CT molecular complexity index is 269. The van der Waals surface area contributed by atoms with Crippen molar-refractivity contribution >= 4 is 11.6 Å². The van der Waals surface area contributed by atoms with E-state index >= 15 is 0 Å². The standard InChI is InChI=1S/C12H20N2O2/c1-3-13-7-5-9(13)11(15)12(16)10-6-8-14(10)4-2/h9-10H,3-8H2,1-2H3. The van der Waals surface area contributed by atoms with Crippen molar-refractivity contribution in [3.8, 4) is 0 Å². The third-order valence-corrected chi connectivity index (χ3v) is 3.92. The molecule has 0 radical (unpaired) electrons. The maximum absolute atomic E-state index is 12.0. The van der Waals surface area contributed by atoms with E-state index in [2.05, 4.69) is 9.80 Å². The quantitative estimate of drug-likeness (QED) is 0.630. The van der Waals surface area contributed by atoms with Crippen LogP contribution in [0.2, 0.25) is 0 Å². The van der Waals surface area contributed by atoms with Crippen molar-refractivity contribution in [1.82, 2.24) is 9.80 Å². The van der Waals surface area contributed by atoms with Crippen molar-refractivity contribution < 1.29 is 9.59 Å². The van der Waals surface area contributed by atoms with Crippen LogP contribution in [0.3, 0.4) is 0 Å². The number of rotatable bonds is 5. The van der Waals surface area contributed by atoms with Crippen LogP contribution >= 0.6 is 0 Å². The molecule has 2 aliphatic rings. The topological polar surface area (TPSA) is 40.6 Å². The molecular formula is C12H20N2O2. The molecule has 0 aromatic rings. The number of hydrogen-bond donors (Lipinski definition) is 0. The second kappa shape index (κ2) is 4.63. The molecule has 4 nitrogen and oxygen atoms in total. The number of Topliss-reactive ketones (excluding diaryl/α,β-unsaturated/α-hetero) is 2. The Morgan fingerprint density at radius 2 is 1.31 bits per heavy atom. The van der Waals surface area contributed by atoms with E-state index in [4.69, 9.17) is 0 Å². The van der Waals surface area contributed by atoms with Gasteiger partial charge in [-0.1, -0.05) is 13.8 Å². The van der Waals surface area contributed by atoms with Crippen LogP contribution in [0.5, 0.6) is 0 Å². The SMILES string of the molecule is CCN1CCC1C(=O)C(=O)C1CCN1CC. The molecule has 0 aliphatic carbocycles. The van der Waals surface area contributed by atoms with Gasteiger partial charge in [-0.2, -0.15) is 0 Å². The lowest BCUT2D eigenvalue weighted by Gasteiger charge is -2.42. The number of hydrogen-bond acceptors (Lipinski definition) is 4. The van der Waals surface area contributed by atoms with Crippen LogP contribution in [-0.2, 0) is 9.59 Å². The van der Waals surface area contributed by atoms with Crippen molar-refractivity contribution in [2.45, 2.75) is 38.8 Å². The first-order valence-electron chi connectivity index (χ1n) is 6.25. The molecule has 0 amide bonds. The van der Waals surface area contributed by atoms with E-state index in [9.17, 15) is 9.59 Å². The Balaban J connectivity index is 1.92. The lowest BCUT2D eigenvalue weighted by Crippen LogP contribution is -2.60. The first-order valence-corrected chi connectivity index (χ1v) is 6.25. The van der Waals surface area contributed by atoms with Crippen molar-refractivity contribution in [3.05, 3.63) is 0 Å². The maximum atomic E-state index is 12.0. The van der Waals surface area contributed by atoms with Crippen LogP contribution in [0.1, 0.15) is 26.7 Å². The van der Waals surface area contributed by atoms with E-state index in [1.165, 1.54) is 0 Å². The van der Waals surface area contributed by atoms with Gasteiger partial charge in [0.05, 0.1) is 12.1 Å². The smallest absolute Gasteiger partial charge is 0.217 e. The average molecular weight is 224 g/mol. The largest absolute Gasteiger partial charge is 0.293 e. The number of carbonyl (C=O) groups excluding carboxylic acids is 2. The highest BCUT2D eigenvalue weighted by Gasteiger charge is 2.42. The molecular weight excluding hydrogens is 204 g/mol. The fraction of sp³-hybridized carbons (Fsp3) is 0.833. The second-order valence-corrected chi connectivity index (χ2v) is 4.59. The summed E-state index contributed by atoms with van der Waals surface area (Å²) in [5.41, 5.74) is 0. The summed E-state index contributed by atoms with van der Waals surface area (Å²) in [6, 6.07) is -0.228. The molecule has 0 saturated carbocycles. The Labute approximate surface area is 96.6 Å². The van der Waals surface area contributed by atoms with Gasteiger partial charge in [0.15, 0.2) is 0 Å². The molecule has 2 atom stereocenters. The van der Waals surface area contributed by atoms with Crippen molar-refractivity contribution in [2.24, 2.45) is 0 Å². The molecule has 0 spiro atoms. The Morgan fingerprint density at radius 3 is 1.50 bits per heavy atom. The maximum Gasteiger partial charge on any atom is 0.217 e. The Kier molecular flexibility index (Phi) is 3.40. The third kappa shape index (κ3) is 1.80. The molecule has 2 unspecified atom stereocenters. The molecule has 2 fully saturated rings. The predicted octanol–water partition coefficient (Wildman–Crippen LogP) is 0.313. The Hall–Kier alpha value is -0.740. The summed E-state index contributed by atoms with van der Waals surface area (Å²) < 4.78 is 0. The molecule has 90 valence electrons. The van der Waals surface area contributed by atoms with Crippen LogP contribution in [-0.4, -0.2) is 59.6 Å². The zero-order valence-corrected chi connectivity index (χ0v) is 10.1. The second-order valence-electron chi connectivity index (χ2n) is 4.59. The van der Waals surface area contributed by atoms with Gasteiger partial charge < -0.3 is 0 Å². The van der Waals surface area contributed by atoms with Crippen LogP contribution < -0.4 is 0 Å². The lowest BCUT2D eigenvalue weighted by atomic mass is 9.89. The zero-order chi connectivity index (χ0) is 11.7. The van der Waals surface area contributed by atoms with Gasteiger partial charge in [-0.25, -0.2) is 0 Å². The fourth-order valence-corrected chi connectivity index (χ4v) is 2.56. The highest BCUT2D eigenvalue weighted by Crippen LogP contribution is 2.23. The number of nitrogens with zero attached hydrogens (tertiary/aromatic N) is 2. The minimum atomic E-state index is -0.156. The van der Waals surface area contributed by atoms with Crippen LogP contribution in [0.4, 0.5) is 0 Å². The molecule has 0 N–H and O–H groups in total. The van der Waals surface area contributed by atoms with E-state index in [1.807, 2.05) is 13.8 Å². The predicted molar refractivity (Wildman–Crippen MR) is 61.3 cm³/mol. The molecule has 0 aromatic heterocycles. The summed E-state index contributed by atoms with van der Waals surface area (Å²) in [7, 11) is 0. The minimum Gasteiger partial charge on any atom is -0.293 e. The van der Waals surface area contributed by atoms with Gasteiger partial charge in [-0.3, -0.25) is 19.4 Å². The number of likely N-dealkylation sites (N-methyl/N-ethyl adjacent to an activating group) is 2. The first kappa shape index (κ1) is 11.7. The average Bonchev–Trinajstić information content (AvgIpc) is 2.15. The summed E-state index contributed by atoms with van der Waals surface area (Å²) in [4.78, 5) is 28.1. The zero-order valence-electron chi connectivity index (χ0n) is 10.1. The van der Waals surface area contributed by atoms with Crippen LogP contribution in [0, 0.1) is 0 Å². The van der Waals surface area contributed by atoms with E-state index < -0.39 is 0 Å². The van der Waals surface area contributed by atoms with Crippen LogP contribution in [0.15, 0.2) is 0 Å². The summed E-state index contributed by atoms with van der Waals surface area (Å²) >= 11 is 0. The monoisotopic (exact) mass is 224 g/mol. The number of carbonyl (C=O) groups is 2.